The van der Waals surface area contributed by atoms with Gasteiger partial charge in [0.25, 0.3) is 0 Å². The molecule has 18 heavy (non-hydrogen) atoms. The normalized spacial score (nSPS) is 17.4. The van der Waals surface area contributed by atoms with Gasteiger partial charge in [0.1, 0.15) is 5.41 Å². The van der Waals surface area contributed by atoms with E-state index in [-0.39, 0.29) is 5.91 Å². The summed E-state index contributed by atoms with van der Waals surface area (Å²) in [5, 5.41) is 12.1. The van der Waals surface area contributed by atoms with E-state index in [0.717, 1.165) is 17.7 Å². The molecule has 0 atom stereocenters. The average Bonchev–Trinajstić information content (AvgIpc) is 2.95. The molecule has 1 aromatic heterocycles. The number of nitrogens with zero attached hydrogens (tertiary/aromatic N) is 1. The zero-order valence-electron chi connectivity index (χ0n) is 10.9. The van der Waals surface area contributed by atoms with Crippen LogP contribution in [-0.2, 0) is 11.3 Å². The molecular weight excluding hydrogens is 244 g/mol. The van der Waals surface area contributed by atoms with Crippen molar-refractivity contribution < 1.29 is 4.79 Å². The van der Waals surface area contributed by atoms with Crippen molar-refractivity contribution in [3.63, 3.8) is 0 Å². The molecule has 0 bridgehead atoms. The number of carbonyl (C=O) groups is 1. The summed E-state index contributed by atoms with van der Waals surface area (Å²) in [5.41, 5.74) is 0.501. The van der Waals surface area contributed by atoms with Crippen molar-refractivity contribution in [2.75, 3.05) is 0 Å². The largest absolute Gasteiger partial charge is 0.350 e. The Hall–Kier alpha value is -1.34. The Morgan fingerprint density at radius 2 is 2.17 bits per heavy atom. The fourth-order valence-corrected chi connectivity index (χ4v) is 3.43. The number of rotatable bonds is 3. The molecule has 4 heteroatoms. The van der Waals surface area contributed by atoms with E-state index in [1.165, 1.54) is 10.4 Å². The second-order valence-corrected chi connectivity index (χ2v) is 6.38. The van der Waals surface area contributed by atoms with Gasteiger partial charge in [0.15, 0.2) is 0 Å². The minimum absolute atomic E-state index is 0.0915. The molecule has 0 radical (unpaired) electrons. The summed E-state index contributed by atoms with van der Waals surface area (Å²) in [6, 6.07) is 4.33. The molecule has 1 aromatic rings. The van der Waals surface area contributed by atoms with E-state index in [0.29, 0.717) is 19.4 Å². The van der Waals surface area contributed by atoms with E-state index < -0.39 is 5.41 Å². The molecule has 3 nitrogen and oxygen atoms in total. The van der Waals surface area contributed by atoms with Crippen LogP contribution < -0.4 is 5.32 Å². The van der Waals surface area contributed by atoms with Crippen LogP contribution in [0.15, 0.2) is 6.07 Å². The van der Waals surface area contributed by atoms with Gasteiger partial charge in [-0.25, -0.2) is 0 Å². The lowest BCUT2D eigenvalue weighted by Crippen LogP contribution is -2.37. The maximum Gasteiger partial charge on any atom is 0.240 e. The number of carbonyl (C=O) groups excluding carboxylic acids is 1. The SMILES string of the molecule is Cc1cc(CNC(=O)C2(C#N)CCCC2)sc1C. The first-order chi connectivity index (χ1) is 8.57. The van der Waals surface area contributed by atoms with Crippen LogP contribution in [0.25, 0.3) is 0 Å². The van der Waals surface area contributed by atoms with Gasteiger partial charge >= 0.3 is 0 Å². The molecule has 1 aliphatic rings. The zero-order chi connectivity index (χ0) is 13.2. The van der Waals surface area contributed by atoms with E-state index in [4.69, 9.17) is 0 Å². The molecule has 1 heterocycles. The standard InChI is InChI=1S/C14H18N2OS/c1-10-7-12(18-11(10)2)8-16-13(17)14(9-15)5-3-4-6-14/h7H,3-6,8H2,1-2H3,(H,16,17). The Labute approximate surface area is 112 Å². The number of nitriles is 1. The third-order valence-corrected chi connectivity index (χ3v) is 4.90. The summed E-state index contributed by atoms with van der Waals surface area (Å²) in [5.74, 6) is -0.0915. The molecule has 1 N–H and O–H groups in total. The summed E-state index contributed by atoms with van der Waals surface area (Å²) in [6.45, 7) is 4.70. The van der Waals surface area contributed by atoms with E-state index in [9.17, 15) is 10.1 Å². The Balaban J connectivity index is 1.98. The van der Waals surface area contributed by atoms with Crippen LogP contribution in [0.4, 0.5) is 0 Å². The predicted octanol–water partition coefficient (Wildman–Crippen LogP) is 3.07. The summed E-state index contributed by atoms with van der Waals surface area (Å²) in [4.78, 5) is 14.6. The fourth-order valence-electron chi connectivity index (χ4n) is 2.44. The van der Waals surface area contributed by atoms with Gasteiger partial charge < -0.3 is 5.32 Å². The molecular formula is C14H18N2OS. The second kappa shape index (κ2) is 5.11. The summed E-state index contributed by atoms with van der Waals surface area (Å²) in [6.07, 6.45) is 3.38. The van der Waals surface area contributed by atoms with Gasteiger partial charge in [0.2, 0.25) is 5.91 Å². The van der Waals surface area contributed by atoms with Crippen molar-refractivity contribution in [1.29, 1.82) is 5.26 Å². The van der Waals surface area contributed by atoms with Crippen LogP contribution in [0.3, 0.4) is 0 Å². The summed E-state index contributed by atoms with van der Waals surface area (Å²) < 4.78 is 0. The monoisotopic (exact) mass is 262 g/mol. The molecule has 1 amide bonds. The maximum absolute atomic E-state index is 12.1. The van der Waals surface area contributed by atoms with Crippen molar-refractivity contribution in [2.24, 2.45) is 5.41 Å². The van der Waals surface area contributed by atoms with E-state index in [2.05, 4.69) is 31.3 Å². The van der Waals surface area contributed by atoms with Crippen molar-refractivity contribution >= 4 is 17.2 Å². The molecule has 1 fully saturated rings. The summed E-state index contributed by atoms with van der Waals surface area (Å²) in [7, 11) is 0. The first kappa shape index (κ1) is 13.1. The highest BCUT2D eigenvalue weighted by molar-refractivity contribution is 7.12. The Morgan fingerprint density at radius 1 is 1.50 bits per heavy atom. The third kappa shape index (κ3) is 2.41. The smallest absolute Gasteiger partial charge is 0.240 e. The molecule has 96 valence electrons. The van der Waals surface area contributed by atoms with Gasteiger partial charge in [0, 0.05) is 9.75 Å². The van der Waals surface area contributed by atoms with Crippen LogP contribution in [-0.4, -0.2) is 5.91 Å². The fraction of sp³-hybridized carbons (Fsp3) is 0.571. The molecule has 0 aromatic carbocycles. The minimum atomic E-state index is -0.763. The third-order valence-electron chi connectivity index (χ3n) is 3.75. The number of thiophene rings is 1. The lowest BCUT2D eigenvalue weighted by atomic mass is 9.87. The highest BCUT2D eigenvalue weighted by Gasteiger charge is 2.41. The van der Waals surface area contributed by atoms with Crippen molar-refractivity contribution in [1.82, 2.24) is 5.32 Å². The van der Waals surface area contributed by atoms with E-state index in [1.807, 2.05) is 0 Å². The van der Waals surface area contributed by atoms with Gasteiger partial charge in [-0.05, 0) is 38.3 Å². The Kier molecular flexibility index (Phi) is 3.72. The number of nitrogens with one attached hydrogen (secondary N) is 1. The Morgan fingerprint density at radius 3 is 2.67 bits per heavy atom. The topological polar surface area (TPSA) is 52.9 Å². The molecule has 0 spiro atoms. The van der Waals surface area contributed by atoms with Gasteiger partial charge in [-0.2, -0.15) is 5.26 Å². The molecule has 1 saturated carbocycles. The van der Waals surface area contributed by atoms with Gasteiger partial charge in [-0.15, -0.1) is 11.3 Å². The van der Waals surface area contributed by atoms with Crippen LogP contribution in [0.2, 0.25) is 0 Å². The van der Waals surface area contributed by atoms with E-state index in [1.54, 1.807) is 11.3 Å². The first-order valence-corrected chi connectivity index (χ1v) is 7.14. The first-order valence-electron chi connectivity index (χ1n) is 6.33. The number of hydrogen-bond acceptors (Lipinski definition) is 3. The molecule has 0 saturated heterocycles. The van der Waals surface area contributed by atoms with E-state index >= 15 is 0 Å². The lowest BCUT2D eigenvalue weighted by molar-refractivity contribution is -0.128. The van der Waals surface area contributed by atoms with Crippen LogP contribution in [0, 0.1) is 30.6 Å². The second-order valence-electron chi connectivity index (χ2n) is 5.04. The van der Waals surface area contributed by atoms with Crippen LogP contribution in [0.1, 0.15) is 41.0 Å². The highest BCUT2D eigenvalue weighted by Crippen LogP contribution is 2.37. The van der Waals surface area contributed by atoms with Crippen LogP contribution >= 0.6 is 11.3 Å². The maximum atomic E-state index is 12.1. The quantitative estimate of drug-likeness (QED) is 0.910. The Bertz CT molecular complexity index is 473. The zero-order valence-corrected chi connectivity index (χ0v) is 11.7. The van der Waals surface area contributed by atoms with Crippen molar-refractivity contribution in [2.45, 2.75) is 46.1 Å². The lowest BCUT2D eigenvalue weighted by Gasteiger charge is -2.18. The minimum Gasteiger partial charge on any atom is -0.350 e. The molecule has 2 rings (SSSR count). The highest BCUT2D eigenvalue weighted by atomic mass is 32.1. The number of aryl methyl sites for hydroxylation is 2. The predicted molar refractivity (Wildman–Crippen MR) is 72.2 cm³/mol. The molecule has 0 unspecified atom stereocenters. The van der Waals surface area contributed by atoms with Gasteiger partial charge in [0.05, 0.1) is 12.6 Å². The van der Waals surface area contributed by atoms with Gasteiger partial charge in [-0.3, -0.25) is 4.79 Å². The molecule has 1 aliphatic carbocycles. The summed E-state index contributed by atoms with van der Waals surface area (Å²) >= 11 is 1.71. The van der Waals surface area contributed by atoms with Crippen LogP contribution in [0.5, 0.6) is 0 Å². The number of hydrogen-bond donors (Lipinski definition) is 1. The van der Waals surface area contributed by atoms with Gasteiger partial charge in [-0.1, -0.05) is 12.8 Å². The van der Waals surface area contributed by atoms with Crippen molar-refractivity contribution in [3.05, 3.63) is 21.4 Å². The average molecular weight is 262 g/mol. The van der Waals surface area contributed by atoms with Crippen molar-refractivity contribution in [3.8, 4) is 6.07 Å². The number of amides is 1. The molecule has 0 aliphatic heterocycles.